The van der Waals surface area contributed by atoms with E-state index in [0.717, 1.165) is 29.1 Å². The maximum atomic E-state index is 12.5. The minimum atomic E-state index is -0.130. The Kier molecular flexibility index (Phi) is 5.20. The maximum absolute atomic E-state index is 12.5. The summed E-state index contributed by atoms with van der Waals surface area (Å²) >= 11 is 1.87. The highest BCUT2D eigenvalue weighted by Gasteiger charge is 2.13. The molecule has 124 valence electrons. The van der Waals surface area contributed by atoms with E-state index < -0.39 is 0 Å². The number of nitrogens with zero attached hydrogens (tertiary/aromatic N) is 2. The van der Waals surface area contributed by atoms with Crippen LogP contribution in [0.15, 0.2) is 48.5 Å². The highest BCUT2D eigenvalue weighted by Crippen LogP contribution is 2.20. The lowest BCUT2D eigenvalue weighted by molar-refractivity contribution is 0.102. The van der Waals surface area contributed by atoms with Crippen LogP contribution in [0, 0.1) is 0 Å². The Morgan fingerprint density at radius 3 is 2.58 bits per heavy atom. The first kappa shape index (κ1) is 16.6. The van der Waals surface area contributed by atoms with Crippen molar-refractivity contribution in [3.63, 3.8) is 0 Å². The second-order valence-corrected chi connectivity index (χ2v) is 6.73. The van der Waals surface area contributed by atoms with Gasteiger partial charge in [-0.3, -0.25) is 10.1 Å². The molecule has 0 fully saturated rings. The number of hydrogen-bond acceptors (Lipinski definition) is 3. The third kappa shape index (κ3) is 3.46. The topological polar surface area (TPSA) is 46.9 Å². The van der Waals surface area contributed by atoms with E-state index in [9.17, 15) is 4.79 Å². The van der Waals surface area contributed by atoms with Gasteiger partial charge >= 0.3 is 0 Å². The summed E-state index contributed by atoms with van der Waals surface area (Å²) in [6.45, 7) is 4.94. The minimum absolute atomic E-state index is 0.130. The Morgan fingerprint density at radius 2 is 1.88 bits per heavy atom. The quantitative estimate of drug-likeness (QED) is 0.716. The number of carbonyl (C=O) groups excluding carboxylic acids is 1. The third-order valence-corrected chi connectivity index (χ3v) is 4.83. The molecular formula is C19H21N3OS. The van der Waals surface area contributed by atoms with E-state index in [4.69, 9.17) is 0 Å². The van der Waals surface area contributed by atoms with Crippen molar-refractivity contribution >= 4 is 34.7 Å². The number of amides is 1. The zero-order valence-corrected chi connectivity index (χ0v) is 14.8. The van der Waals surface area contributed by atoms with Crippen LogP contribution >= 0.6 is 11.8 Å². The van der Waals surface area contributed by atoms with E-state index in [1.807, 2.05) is 71.8 Å². The Labute approximate surface area is 146 Å². The molecule has 0 bridgehead atoms. The molecule has 0 aliphatic carbocycles. The summed E-state index contributed by atoms with van der Waals surface area (Å²) in [6, 6.07) is 15.7. The molecule has 0 saturated heterocycles. The molecule has 0 aliphatic rings. The molecular weight excluding hydrogens is 318 g/mol. The van der Waals surface area contributed by atoms with Gasteiger partial charge in [-0.25, -0.2) is 4.98 Å². The summed E-state index contributed by atoms with van der Waals surface area (Å²) in [7, 11) is 0. The molecule has 0 atom stereocenters. The summed E-state index contributed by atoms with van der Waals surface area (Å²) < 4.78 is 2.01. The van der Waals surface area contributed by atoms with E-state index in [1.54, 1.807) is 0 Å². The minimum Gasteiger partial charge on any atom is -0.310 e. The lowest BCUT2D eigenvalue weighted by Gasteiger charge is -2.08. The number of carbonyl (C=O) groups is 1. The summed E-state index contributed by atoms with van der Waals surface area (Å²) in [5.74, 6) is 2.53. The van der Waals surface area contributed by atoms with Crippen LogP contribution in [0.4, 0.5) is 5.95 Å². The fourth-order valence-corrected chi connectivity index (χ4v) is 3.27. The number of aromatic nitrogens is 2. The van der Waals surface area contributed by atoms with Crippen molar-refractivity contribution in [2.75, 3.05) is 11.1 Å². The number of nitrogens with one attached hydrogen (secondary N) is 1. The van der Waals surface area contributed by atoms with Crippen molar-refractivity contribution in [1.29, 1.82) is 0 Å². The molecule has 24 heavy (non-hydrogen) atoms. The number of fused-ring (bicyclic) bond motifs is 1. The molecule has 3 aromatic rings. The number of rotatable bonds is 6. The smallest absolute Gasteiger partial charge is 0.257 e. The highest BCUT2D eigenvalue weighted by molar-refractivity contribution is 7.98. The lowest BCUT2D eigenvalue weighted by Crippen LogP contribution is -2.15. The lowest BCUT2D eigenvalue weighted by atomic mass is 10.1. The first-order valence-corrected chi connectivity index (χ1v) is 9.31. The number of thioether (sulfide) groups is 1. The molecule has 3 rings (SSSR count). The Hall–Kier alpha value is -2.27. The van der Waals surface area contributed by atoms with Crippen LogP contribution < -0.4 is 5.32 Å². The molecule has 2 aromatic carbocycles. The van der Waals surface area contributed by atoms with Gasteiger partial charge in [-0.2, -0.15) is 11.8 Å². The summed E-state index contributed by atoms with van der Waals surface area (Å²) in [6.07, 6.45) is 0. The van der Waals surface area contributed by atoms with Gasteiger partial charge in [0.25, 0.3) is 5.91 Å². The second-order valence-electron chi connectivity index (χ2n) is 5.46. The van der Waals surface area contributed by atoms with Crippen molar-refractivity contribution in [2.24, 2.45) is 0 Å². The van der Waals surface area contributed by atoms with Gasteiger partial charge in [0.15, 0.2) is 0 Å². The molecule has 0 spiro atoms. The van der Waals surface area contributed by atoms with Crippen molar-refractivity contribution in [3.05, 3.63) is 59.7 Å². The number of imidazole rings is 1. The van der Waals surface area contributed by atoms with Crippen molar-refractivity contribution < 1.29 is 4.79 Å². The van der Waals surface area contributed by atoms with Crippen LogP contribution in [0.5, 0.6) is 0 Å². The SMILES string of the molecule is CCSCc1ccc(C(=O)Nc2nc3ccccc3n2CC)cc1. The summed E-state index contributed by atoms with van der Waals surface area (Å²) in [4.78, 5) is 17.0. The fourth-order valence-electron chi connectivity index (χ4n) is 2.64. The molecule has 0 radical (unpaired) electrons. The first-order chi connectivity index (χ1) is 11.7. The van der Waals surface area contributed by atoms with Gasteiger partial charge < -0.3 is 4.57 Å². The molecule has 4 nitrogen and oxygen atoms in total. The monoisotopic (exact) mass is 339 g/mol. The Morgan fingerprint density at radius 1 is 1.12 bits per heavy atom. The van der Waals surface area contributed by atoms with Crippen LogP contribution in [0.1, 0.15) is 29.8 Å². The molecule has 5 heteroatoms. The van der Waals surface area contributed by atoms with Crippen LogP contribution in [0.2, 0.25) is 0 Å². The summed E-state index contributed by atoms with van der Waals surface area (Å²) in [5.41, 5.74) is 3.80. The number of hydrogen-bond donors (Lipinski definition) is 1. The van der Waals surface area contributed by atoms with Gasteiger partial charge in [0.2, 0.25) is 5.95 Å². The zero-order valence-electron chi connectivity index (χ0n) is 14.0. The number of aryl methyl sites for hydroxylation is 1. The van der Waals surface area contributed by atoms with Gasteiger partial charge in [0.05, 0.1) is 11.0 Å². The number of anilines is 1. The van der Waals surface area contributed by atoms with E-state index in [2.05, 4.69) is 17.2 Å². The van der Waals surface area contributed by atoms with Gasteiger partial charge in [0.1, 0.15) is 0 Å². The Bertz CT molecular complexity index is 839. The van der Waals surface area contributed by atoms with Gasteiger partial charge in [0, 0.05) is 17.9 Å². The molecule has 1 N–H and O–H groups in total. The van der Waals surface area contributed by atoms with Crippen molar-refractivity contribution in [1.82, 2.24) is 9.55 Å². The predicted octanol–water partition coefficient (Wildman–Crippen LogP) is 4.56. The van der Waals surface area contributed by atoms with E-state index in [-0.39, 0.29) is 5.91 Å². The zero-order chi connectivity index (χ0) is 16.9. The highest BCUT2D eigenvalue weighted by atomic mass is 32.2. The van der Waals surface area contributed by atoms with E-state index in [0.29, 0.717) is 11.5 Å². The maximum Gasteiger partial charge on any atom is 0.257 e. The molecule has 1 amide bonds. The van der Waals surface area contributed by atoms with Crippen LogP contribution in [-0.2, 0) is 12.3 Å². The average Bonchev–Trinajstić information content (AvgIpc) is 2.97. The van der Waals surface area contributed by atoms with E-state index >= 15 is 0 Å². The number of para-hydroxylation sites is 2. The van der Waals surface area contributed by atoms with Crippen LogP contribution in [0.3, 0.4) is 0 Å². The molecule has 1 heterocycles. The normalized spacial score (nSPS) is 10.9. The van der Waals surface area contributed by atoms with Gasteiger partial charge in [-0.15, -0.1) is 0 Å². The predicted molar refractivity (Wildman–Crippen MR) is 102 cm³/mol. The van der Waals surface area contributed by atoms with Crippen LogP contribution in [-0.4, -0.2) is 21.2 Å². The third-order valence-electron chi connectivity index (χ3n) is 3.89. The molecule has 0 aliphatic heterocycles. The molecule has 1 aromatic heterocycles. The average molecular weight is 339 g/mol. The first-order valence-electron chi connectivity index (χ1n) is 8.16. The fraction of sp³-hybridized carbons (Fsp3) is 0.263. The van der Waals surface area contributed by atoms with Gasteiger partial charge in [-0.05, 0) is 42.5 Å². The number of benzene rings is 2. The molecule has 0 saturated carbocycles. The second kappa shape index (κ2) is 7.53. The van der Waals surface area contributed by atoms with Gasteiger partial charge in [-0.1, -0.05) is 31.2 Å². The van der Waals surface area contributed by atoms with Crippen molar-refractivity contribution in [2.45, 2.75) is 26.1 Å². The van der Waals surface area contributed by atoms with Crippen LogP contribution in [0.25, 0.3) is 11.0 Å². The van der Waals surface area contributed by atoms with Crippen molar-refractivity contribution in [3.8, 4) is 0 Å². The summed E-state index contributed by atoms with van der Waals surface area (Å²) in [5, 5.41) is 2.94. The molecule has 0 unspecified atom stereocenters. The van der Waals surface area contributed by atoms with E-state index in [1.165, 1.54) is 5.56 Å². The standard InChI is InChI=1S/C19H21N3OS/c1-3-22-17-8-6-5-7-16(17)20-19(22)21-18(23)15-11-9-14(10-12-15)13-24-4-2/h5-12H,3-4,13H2,1-2H3,(H,20,21,23). The Balaban J connectivity index is 1.79. The largest absolute Gasteiger partial charge is 0.310 e.